The fourth-order valence-corrected chi connectivity index (χ4v) is 2.99. The molecule has 1 aromatic heterocycles. The molecule has 0 radical (unpaired) electrons. The van der Waals surface area contributed by atoms with Gasteiger partial charge in [-0.05, 0) is 18.6 Å². The van der Waals surface area contributed by atoms with E-state index in [1.54, 1.807) is 49.5 Å². The maximum Gasteiger partial charge on any atom is 0.274 e. The minimum Gasteiger partial charge on any atom is -0.336 e. The van der Waals surface area contributed by atoms with Crippen LogP contribution in [0.3, 0.4) is 0 Å². The zero-order chi connectivity index (χ0) is 19.4. The van der Waals surface area contributed by atoms with Crippen molar-refractivity contribution in [2.75, 3.05) is 7.05 Å². The van der Waals surface area contributed by atoms with Crippen LogP contribution < -0.4 is 5.56 Å². The molecule has 1 heterocycles. The van der Waals surface area contributed by atoms with Gasteiger partial charge in [-0.2, -0.15) is 5.10 Å². The summed E-state index contributed by atoms with van der Waals surface area (Å²) in [7, 11) is 1.60. The van der Waals surface area contributed by atoms with Gasteiger partial charge in [-0.15, -0.1) is 0 Å². The Morgan fingerprint density at radius 3 is 2.48 bits per heavy atom. The second-order valence-corrected chi connectivity index (χ2v) is 6.53. The van der Waals surface area contributed by atoms with E-state index in [0.29, 0.717) is 22.9 Å². The van der Waals surface area contributed by atoms with E-state index < -0.39 is 0 Å². The van der Waals surface area contributed by atoms with Crippen molar-refractivity contribution < 1.29 is 9.18 Å². The van der Waals surface area contributed by atoms with Crippen LogP contribution in [0, 0.1) is 5.82 Å². The number of aryl methyl sites for hydroxylation is 1. The summed E-state index contributed by atoms with van der Waals surface area (Å²) in [4.78, 5) is 27.1. The molecule has 0 bridgehead atoms. The number of hydrogen-bond acceptors (Lipinski definition) is 3. The molecule has 27 heavy (non-hydrogen) atoms. The van der Waals surface area contributed by atoms with E-state index in [2.05, 4.69) is 5.10 Å². The first-order valence-electron chi connectivity index (χ1n) is 9.01. The normalized spacial score (nSPS) is 10.9. The molecule has 0 N–H and O–H groups in total. The lowest BCUT2D eigenvalue weighted by Crippen LogP contribution is -2.32. The van der Waals surface area contributed by atoms with Crippen molar-refractivity contribution >= 4 is 16.7 Å². The Hall–Kier alpha value is -3.02. The molecule has 5 nitrogen and oxygen atoms in total. The average molecular weight is 367 g/mol. The van der Waals surface area contributed by atoms with Crippen LogP contribution in [0.25, 0.3) is 10.8 Å². The van der Waals surface area contributed by atoms with E-state index in [1.807, 2.05) is 6.92 Å². The third-order valence-electron chi connectivity index (χ3n) is 4.51. The molecule has 140 valence electrons. The van der Waals surface area contributed by atoms with E-state index in [0.717, 1.165) is 12.8 Å². The molecular weight excluding hydrogens is 345 g/mol. The molecule has 0 spiro atoms. The molecule has 0 aliphatic carbocycles. The average Bonchev–Trinajstić information content (AvgIpc) is 2.69. The fourth-order valence-electron chi connectivity index (χ4n) is 2.99. The van der Waals surface area contributed by atoms with Gasteiger partial charge in [0.15, 0.2) is 5.69 Å². The van der Waals surface area contributed by atoms with Gasteiger partial charge in [-0.3, -0.25) is 9.59 Å². The highest BCUT2D eigenvalue weighted by atomic mass is 19.1. The van der Waals surface area contributed by atoms with E-state index in [-0.39, 0.29) is 29.5 Å². The third-order valence-corrected chi connectivity index (χ3v) is 4.51. The maximum atomic E-state index is 13.9. The first kappa shape index (κ1) is 18.8. The Morgan fingerprint density at radius 1 is 1.11 bits per heavy atom. The van der Waals surface area contributed by atoms with Crippen LogP contribution in [0.4, 0.5) is 4.39 Å². The summed E-state index contributed by atoms with van der Waals surface area (Å²) >= 11 is 0. The zero-order valence-corrected chi connectivity index (χ0v) is 15.5. The number of nitrogens with zero attached hydrogens (tertiary/aromatic N) is 3. The maximum absolute atomic E-state index is 13.9. The molecule has 1 amide bonds. The largest absolute Gasteiger partial charge is 0.336 e. The molecule has 0 saturated heterocycles. The topological polar surface area (TPSA) is 55.2 Å². The Kier molecular flexibility index (Phi) is 5.64. The second kappa shape index (κ2) is 8.12. The van der Waals surface area contributed by atoms with Crippen molar-refractivity contribution in [1.82, 2.24) is 14.7 Å². The zero-order valence-electron chi connectivity index (χ0n) is 15.5. The highest BCUT2D eigenvalue weighted by Crippen LogP contribution is 2.17. The predicted molar refractivity (Wildman–Crippen MR) is 103 cm³/mol. The van der Waals surface area contributed by atoms with Gasteiger partial charge in [0.05, 0.1) is 5.39 Å². The van der Waals surface area contributed by atoms with Crippen LogP contribution in [0.2, 0.25) is 0 Å². The first-order chi connectivity index (χ1) is 13.0. The Labute approximate surface area is 157 Å². The number of benzene rings is 2. The van der Waals surface area contributed by atoms with Crippen molar-refractivity contribution in [3.05, 3.63) is 76.0 Å². The van der Waals surface area contributed by atoms with Crippen molar-refractivity contribution in [1.29, 1.82) is 0 Å². The SMILES string of the molecule is CCCCn1nc(C(=O)N(C)Cc2ccccc2F)c2ccccc2c1=O. The molecule has 2 aromatic carbocycles. The molecular formula is C21H22FN3O2. The Morgan fingerprint density at radius 2 is 1.78 bits per heavy atom. The van der Waals surface area contributed by atoms with Crippen molar-refractivity contribution in [2.45, 2.75) is 32.9 Å². The summed E-state index contributed by atoms with van der Waals surface area (Å²) in [5, 5.41) is 5.32. The van der Waals surface area contributed by atoms with Crippen molar-refractivity contribution in [2.24, 2.45) is 0 Å². The van der Waals surface area contributed by atoms with Crippen molar-refractivity contribution in [3.63, 3.8) is 0 Å². The van der Waals surface area contributed by atoms with E-state index >= 15 is 0 Å². The summed E-state index contributed by atoms with van der Waals surface area (Å²) in [5.41, 5.74) is 0.435. The summed E-state index contributed by atoms with van der Waals surface area (Å²) in [5.74, 6) is -0.706. The minimum absolute atomic E-state index is 0.121. The number of rotatable bonds is 6. The van der Waals surface area contributed by atoms with E-state index in [4.69, 9.17) is 0 Å². The third kappa shape index (κ3) is 3.89. The van der Waals surface area contributed by atoms with Gasteiger partial charge in [0, 0.05) is 31.1 Å². The first-order valence-corrected chi connectivity index (χ1v) is 9.01. The quantitative estimate of drug-likeness (QED) is 0.669. The number of halogens is 1. The van der Waals surface area contributed by atoms with Crippen molar-refractivity contribution in [3.8, 4) is 0 Å². The summed E-state index contributed by atoms with van der Waals surface area (Å²) in [6, 6.07) is 13.3. The molecule has 6 heteroatoms. The number of carbonyl (C=O) groups excluding carboxylic acids is 1. The summed E-state index contributed by atoms with van der Waals surface area (Å²) in [6.45, 7) is 2.60. The molecule has 0 saturated carbocycles. The van der Waals surface area contributed by atoms with Crippen LogP contribution in [-0.2, 0) is 13.1 Å². The van der Waals surface area contributed by atoms with Crippen LogP contribution in [0.15, 0.2) is 53.3 Å². The number of fused-ring (bicyclic) bond motifs is 1. The number of amides is 1. The molecule has 0 unspecified atom stereocenters. The van der Waals surface area contributed by atoms with Crippen LogP contribution in [0.5, 0.6) is 0 Å². The molecule has 0 aliphatic rings. The monoisotopic (exact) mass is 367 g/mol. The van der Waals surface area contributed by atoms with Gasteiger partial charge in [0.1, 0.15) is 5.82 Å². The molecule has 0 atom stereocenters. The standard InChI is InChI=1S/C21H22FN3O2/c1-3-4-13-25-20(26)17-11-7-6-10-16(17)19(23-25)21(27)24(2)14-15-9-5-8-12-18(15)22/h5-12H,3-4,13-14H2,1-2H3. The molecule has 0 aliphatic heterocycles. The van der Waals surface area contributed by atoms with Gasteiger partial charge in [-0.1, -0.05) is 49.7 Å². The lowest BCUT2D eigenvalue weighted by atomic mass is 10.1. The lowest BCUT2D eigenvalue weighted by Gasteiger charge is -2.19. The predicted octanol–water partition coefficient (Wildman–Crippen LogP) is 3.61. The Balaban J connectivity index is 2.01. The molecule has 0 fully saturated rings. The minimum atomic E-state index is -0.358. The van der Waals surface area contributed by atoms with Crippen LogP contribution >= 0.6 is 0 Å². The second-order valence-electron chi connectivity index (χ2n) is 6.53. The van der Waals surface area contributed by atoms with Gasteiger partial charge in [-0.25, -0.2) is 9.07 Å². The molecule has 3 aromatic rings. The summed E-state index contributed by atoms with van der Waals surface area (Å²) in [6.07, 6.45) is 1.71. The van der Waals surface area contributed by atoms with Gasteiger partial charge in [0.25, 0.3) is 11.5 Å². The Bertz CT molecular complexity index is 1030. The molecule has 3 rings (SSSR count). The highest BCUT2D eigenvalue weighted by molar-refractivity contribution is 6.04. The fraction of sp³-hybridized carbons (Fsp3) is 0.286. The number of unbranched alkanes of at least 4 members (excludes halogenated alkanes) is 1. The van der Waals surface area contributed by atoms with Crippen LogP contribution in [0.1, 0.15) is 35.8 Å². The smallest absolute Gasteiger partial charge is 0.274 e. The van der Waals surface area contributed by atoms with E-state index in [1.165, 1.54) is 15.6 Å². The number of carbonyl (C=O) groups is 1. The number of aromatic nitrogens is 2. The summed E-state index contributed by atoms with van der Waals surface area (Å²) < 4.78 is 15.3. The van der Waals surface area contributed by atoms with Gasteiger partial charge >= 0.3 is 0 Å². The van der Waals surface area contributed by atoms with Gasteiger partial charge < -0.3 is 4.90 Å². The number of hydrogen-bond donors (Lipinski definition) is 0. The highest BCUT2D eigenvalue weighted by Gasteiger charge is 2.20. The van der Waals surface area contributed by atoms with E-state index in [9.17, 15) is 14.0 Å². The lowest BCUT2D eigenvalue weighted by molar-refractivity contribution is 0.0777. The van der Waals surface area contributed by atoms with Gasteiger partial charge in [0.2, 0.25) is 0 Å². The van der Waals surface area contributed by atoms with Crippen LogP contribution in [-0.4, -0.2) is 27.6 Å².